The van der Waals surface area contributed by atoms with E-state index in [-0.39, 0.29) is 0 Å². The molecule has 0 spiro atoms. The summed E-state index contributed by atoms with van der Waals surface area (Å²) in [6, 6.07) is 2.71. The van der Waals surface area contributed by atoms with Crippen LogP contribution in [0.1, 0.15) is 35.4 Å². The summed E-state index contributed by atoms with van der Waals surface area (Å²) in [6.45, 7) is 7.57. The van der Waals surface area contributed by atoms with Crippen LogP contribution in [0.3, 0.4) is 0 Å². The van der Waals surface area contributed by atoms with Crippen molar-refractivity contribution in [3.05, 3.63) is 27.9 Å². The molecule has 7 heteroatoms. The Morgan fingerprint density at radius 1 is 1.26 bits per heavy atom. The average Bonchev–Trinajstić information content (AvgIpc) is 2.96. The number of hydrogen-bond acceptors (Lipinski definition) is 7. The van der Waals surface area contributed by atoms with Gasteiger partial charge in [0.25, 0.3) is 0 Å². The van der Waals surface area contributed by atoms with Crippen molar-refractivity contribution >= 4 is 22.3 Å². The minimum atomic E-state index is 0.418. The van der Waals surface area contributed by atoms with E-state index in [0.717, 1.165) is 53.8 Å². The maximum atomic E-state index is 9.44. The lowest BCUT2D eigenvalue weighted by Crippen LogP contribution is -2.40. The molecule has 0 saturated carbocycles. The fourth-order valence-corrected chi connectivity index (χ4v) is 3.55. The average molecular weight is 328 g/mol. The van der Waals surface area contributed by atoms with Crippen LogP contribution < -0.4 is 10.2 Å². The van der Waals surface area contributed by atoms with Gasteiger partial charge < -0.3 is 10.2 Å². The number of aromatic nitrogens is 3. The molecule has 0 amide bonds. The number of hydrogen-bond donors (Lipinski definition) is 1. The minimum Gasteiger partial charge on any atom is -0.359 e. The van der Waals surface area contributed by atoms with Crippen LogP contribution in [0.2, 0.25) is 0 Å². The van der Waals surface area contributed by atoms with Gasteiger partial charge in [0, 0.05) is 24.5 Å². The summed E-state index contributed by atoms with van der Waals surface area (Å²) < 4.78 is 0. The van der Waals surface area contributed by atoms with E-state index in [0.29, 0.717) is 11.6 Å². The van der Waals surface area contributed by atoms with E-state index in [1.807, 2.05) is 20.8 Å². The Hall–Kier alpha value is -2.20. The highest BCUT2D eigenvalue weighted by molar-refractivity contribution is 7.13. The number of piperidine rings is 1. The molecule has 120 valence electrons. The number of nitrogens with zero attached hydrogens (tertiary/aromatic N) is 5. The molecule has 0 radical (unpaired) electrons. The Bertz CT molecular complexity index is 740. The van der Waals surface area contributed by atoms with Crippen LogP contribution in [-0.2, 0) is 0 Å². The number of anilines is 2. The van der Waals surface area contributed by atoms with E-state index >= 15 is 0 Å². The van der Waals surface area contributed by atoms with Crippen LogP contribution in [-0.4, -0.2) is 34.3 Å². The molecule has 1 N–H and O–H groups in total. The van der Waals surface area contributed by atoms with Crippen LogP contribution in [0.25, 0.3) is 0 Å². The summed E-state index contributed by atoms with van der Waals surface area (Å²) in [5, 5.41) is 24.4. The van der Waals surface area contributed by atoms with Gasteiger partial charge in [-0.1, -0.05) is 0 Å². The lowest BCUT2D eigenvalue weighted by atomic mass is 10.0. The molecule has 3 heterocycles. The third kappa shape index (κ3) is 3.27. The van der Waals surface area contributed by atoms with Crippen molar-refractivity contribution in [2.45, 2.75) is 39.7 Å². The highest BCUT2D eigenvalue weighted by atomic mass is 32.1. The maximum Gasteiger partial charge on any atom is 0.183 e. The predicted molar refractivity (Wildman–Crippen MR) is 91.9 cm³/mol. The monoisotopic (exact) mass is 328 g/mol. The molecule has 2 aromatic heterocycles. The summed E-state index contributed by atoms with van der Waals surface area (Å²) in [7, 11) is 0. The van der Waals surface area contributed by atoms with Crippen LogP contribution in [0.4, 0.5) is 10.9 Å². The third-order valence-electron chi connectivity index (χ3n) is 4.29. The Kier molecular flexibility index (Phi) is 4.44. The van der Waals surface area contributed by atoms with Gasteiger partial charge in [0.2, 0.25) is 0 Å². The zero-order chi connectivity index (χ0) is 16.4. The second-order valence-electron chi connectivity index (χ2n) is 5.92. The third-order valence-corrected chi connectivity index (χ3v) is 5.18. The first-order valence-electron chi connectivity index (χ1n) is 7.76. The molecule has 0 aliphatic carbocycles. The van der Waals surface area contributed by atoms with Gasteiger partial charge in [-0.3, -0.25) is 0 Å². The number of thiazole rings is 1. The van der Waals surface area contributed by atoms with Crippen molar-refractivity contribution in [1.29, 1.82) is 5.26 Å². The standard InChI is InChI=1S/C16H20N6S/c1-10-9-23-16(18-10)19-13-4-6-22(7-5-13)15-14(8-17)11(2)12(3)20-21-15/h9,13H,4-7H2,1-3H3,(H,18,19). The molecule has 0 atom stereocenters. The summed E-state index contributed by atoms with van der Waals surface area (Å²) in [5.74, 6) is 0.721. The van der Waals surface area contributed by atoms with Crippen LogP contribution >= 0.6 is 11.3 Å². The van der Waals surface area contributed by atoms with Gasteiger partial charge in [0.15, 0.2) is 10.9 Å². The topological polar surface area (TPSA) is 77.7 Å². The molecule has 3 rings (SSSR count). The quantitative estimate of drug-likeness (QED) is 0.933. The highest BCUT2D eigenvalue weighted by Gasteiger charge is 2.24. The fraction of sp³-hybridized carbons (Fsp3) is 0.500. The van der Waals surface area contributed by atoms with E-state index in [4.69, 9.17) is 0 Å². The van der Waals surface area contributed by atoms with E-state index in [2.05, 4.69) is 36.8 Å². The molecule has 23 heavy (non-hydrogen) atoms. The van der Waals surface area contributed by atoms with Crippen molar-refractivity contribution in [2.24, 2.45) is 0 Å². The Labute approximate surface area is 140 Å². The molecule has 0 unspecified atom stereocenters. The summed E-state index contributed by atoms with van der Waals surface area (Å²) in [4.78, 5) is 6.63. The molecule has 0 bridgehead atoms. The van der Waals surface area contributed by atoms with Crippen LogP contribution in [0.15, 0.2) is 5.38 Å². The normalized spacial score (nSPS) is 15.5. The predicted octanol–water partition coefficient (Wildman–Crippen LogP) is 2.81. The Balaban J connectivity index is 1.67. The first-order chi connectivity index (χ1) is 11.1. The van der Waals surface area contributed by atoms with Gasteiger partial charge >= 0.3 is 0 Å². The van der Waals surface area contributed by atoms with E-state index < -0.39 is 0 Å². The molecular weight excluding hydrogens is 308 g/mol. The first kappa shape index (κ1) is 15.7. The van der Waals surface area contributed by atoms with Crippen LogP contribution in [0.5, 0.6) is 0 Å². The second kappa shape index (κ2) is 6.50. The minimum absolute atomic E-state index is 0.418. The molecule has 6 nitrogen and oxygen atoms in total. The van der Waals surface area contributed by atoms with Crippen molar-refractivity contribution in [1.82, 2.24) is 15.2 Å². The zero-order valence-corrected chi connectivity index (χ0v) is 14.4. The van der Waals surface area contributed by atoms with E-state index in [1.54, 1.807) is 11.3 Å². The number of rotatable bonds is 3. The van der Waals surface area contributed by atoms with Crippen molar-refractivity contribution in [3.63, 3.8) is 0 Å². The van der Waals surface area contributed by atoms with Crippen LogP contribution in [0, 0.1) is 32.1 Å². The number of nitriles is 1. The second-order valence-corrected chi connectivity index (χ2v) is 6.78. The Morgan fingerprint density at radius 3 is 2.61 bits per heavy atom. The zero-order valence-electron chi connectivity index (χ0n) is 13.6. The molecule has 0 aromatic carbocycles. The molecule has 1 saturated heterocycles. The summed E-state index contributed by atoms with van der Waals surface area (Å²) in [5.41, 5.74) is 3.45. The smallest absolute Gasteiger partial charge is 0.183 e. The molecular formula is C16H20N6S. The van der Waals surface area contributed by atoms with Gasteiger partial charge in [-0.25, -0.2) is 4.98 Å². The van der Waals surface area contributed by atoms with Gasteiger partial charge in [-0.05, 0) is 39.2 Å². The fourth-order valence-electron chi connectivity index (χ4n) is 2.78. The lowest BCUT2D eigenvalue weighted by Gasteiger charge is -2.33. The van der Waals surface area contributed by atoms with Gasteiger partial charge in [-0.2, -0.15) is 10.4 Å². The van der Waals surface area contributed by atoms with Crippen molar-refractivity contribution < 1.29 is 0 Å². The Morgan fingerprint density at radius 2 is 2.00 bits per heavy atom. The summed E-state index contributed by atoms with van der Waals surface area (Å²) >= 11 is 1.65. The molecule has 1 aliphatic rings. The number of aryl methyl sites for hydroxylation is 2. The summed E-state index contributed by atoms with van der Waals surface area (Å²) in [6.07, 6.45) is 2.00. The van der Waals surface area contributed by atoms with E-state index in [9.17, 15) is 5.26 Å². The molecule has 1 aliphatic heterocycles. The van der Waals surface area contributed by atoms with Crippen molar-refractivity contribution in [3.8, 4) is 6.07 Å². The van der Waals surface area contributed by atoms with E-state index in [1.165, 1.54) is 0 Å². The maximum absolute atomic E-state index is 9.44. The van der Waals surface area contributed by atoms with Gasteiger partial charge in [0.05, 0.1) is 11.4 Å². The molecule has 1 fully saturated rings. The largest absolute Gasteiger partial charge is 0.359 e. The molecule has 2 aromatic rings. The highest BCUT2D eigenvalue weighted by Crippen LogP contribution is 2.26. The van der Waals surface area contributed by atoms with Gasteiger partial charge in [-0.15, -0.1) is 16.4 Å². The number of nitrogens with one attached hydrogen (secondary N) is 1. The SMILES string of the molecule is Cc1csc(NC2CCN(c3nnc(C)c(C)c3C#N)CC2)n1. The van der Waals surface area contributed by atoms with Gasteiger partial charge in [0.1, 0.15) is 11.6 Å². The lowest BCUT2D eigenvalue weighted by molar-refractivity contribution is 0.521. The first-order valence-corrected chi connectivity index (χ1v) is 8.64. The van der Waals surface area contributed by atoms with Crippen molar-refractivity contribution in [2.75, 3.05) is 23.3 Å².